The highest BCUT2D eigenvalue weighted by atomic mass is 16.5. The molecule has 3 heterocycles. The SMILES string of the molecule is CC(C)n1ncc2c(N3CCOCC3)nc(-c3cccc(OCC(O)CN)c3)nc21. The van der Waals surface area contributed by atoms with Gasteiger partial charge >= 0.3 is 0 Å². The summed E-state index contributed by atoms with van der Waals surface area (Å²) < 4.78 is 13.1. The van der Waals surface area contributed by atoms with Crippen LogP contribution in [0.25, 0.3) is 22.4 Å². The third-order valence-corrected chi connectivity index (χ3v) is 5.04. The largest absolute Gasteiger partial charge is 0.491 e. The predicted octanol–water partition coefficient (Wildman–Crippen LogP) is 1.61. The number of hydrogen-bond acceptors (Lipinski definition) is 8. The van der Waals surface area contributed by atoms with Crippen LogP contribution in [0.1, 0.15) is 19.9 Å². The van der Waals surface area contributed by atoms with Crippen molar-refractivity contribution >= 4 is 16.9 Å². The molecule has 0 bridgehead atoms. The number of nitrogens with two attached hydrogens (primary N) is 1. The van der Waals surface area contributed by atoms with Gasteiger partial charge in [-0.1, -0.05) is 12.1 Å². The van der Waals surface area contributed by atoms with Gasteiger partial charge in [-0.15, -0.1) is 0 Å². The lowest BCUT2D eigenvalue weighted by Crippen LogP contribution is -2.37. The first-order valence-corrected chi connectivity index (χ1v) is 10.3. The van der Waals surface area contributed by atoms with Crippen LogP contribution in [0.4, 0.5) is 5.82 Å². The van der Waals surface area contributed by atoms with Crippen molar-refractivity contribution in [1.82, 2.24) is 19.7 Å². The Kier molecular flexibility index (Phi) is 6.12. The lowest BCUT2D eigenvalue weighted by atomic mass is 10.2. The molecule has 9 heteroatoms. The van der Waals surface area contributed by atoms with Crippen LogP contribution < -0.4 is 15.4 Å². The molecule has 160 valence electrons. The number of aliphatic hydroxyl groups is 1. The number of aliphatic hydroxyl groups excluding tert-OH is 1. The Bertz CT molecular complexity index is 1000. The maximum atomic E-state index is 9.66. The number of hydrogen-bond donors (Lipinski definition) is 2. The van der Waals surface area contributed by atoms with E-state index in [0.29, 0.717) is 24.8 Å². The topological polar surface area (TPSA) is 112 Å². The number of nitrogens with zero attached hydrogens (tertiary/aromatic N) is 5. The number of rotatable bonds is 7. The van der Waals surface area contributed by atoms with Gasteiger partial charge in [-0.05, 0) is 26.0 Å². The van der Waals surface area contributed by atoms with Crippen LogP contribution in [-0.4, -0.2) is 70.4 Å². The highest BCUT2D eigenvalue weighted by Crippen LogP contribution is 2.30. The van der Waals surface area contributed by atoms with E-state index in [9.17, 15) is 5.11 Å². The molecule has 3 aromatic rings. The van der Waals surface area contributed by atoms with Gasteiger partial charge in [0, 0.05) is 31.2 Å². The highest BCUT2D eigenvalue weighted by molar-refractivity contribution is 5.89. The normalized spacial score (nSPS) is 15.7. The highest BCUT2D eigenvalue weighted by Gasteiger charge is 2.21. The van der Waals surface area contributed by atoms with Crippen LogP contribution in [0, 0.1) is 0 Å². The number of anilines is 1. The van der Waals surface area contributed by atoms with Crippen LogP contribution in [0.15, 0.2) is 30.5 Å². The van der Waals surface area contributed by atoms with Gasteiger partial charge in [-0.3, -0.25) is 0 Å². The fraction of sp³-hybridized carbons (Fsp3) is 0.476. The van der Waals surface area contributed by atoms with Gasteiger partial charge in [-0.25, -0.2) is 14.6 Å². The second-order valence-electron chi connectivity index (χ2n) is 7.62. The summed E-state index contributed by atoms with van der Waals surface area (Å²) in [6.45, 7) is 7.36. The molecule has 1 saturated heterocycles. The Morgan fingerprint density at radius 2 is 2.03 bits per heavy atom. The molecule has 2 aromatic heterocycles. The average Bonchev–Trinajstić information content (AvgIpc) is 3.22. The van der Waals surface area contributed by atoms with Gasteiger partial charge in [0.1, 0.15) is 24.3 Å². The van der Waals surface area contributed by atoms with Crippen LogP contribution >= 0.6 is 0 Å². The van der Waals surface area contributed by atoms with Gasteiger partial charge in [0.05, 0.1) is 24.8 Å². The van der Waals surface area contributed by atoms with E-state index in [1.54, 1.807) is 0 Å². The summed E-state index contributed by atoms with van der Waals surface area (Å²) in [5.74, 6) is 2.11. The van der Waals surface area contributed by atoms with Crippen LogP contribution in [0.2, 0.25) is 0 Å². The summed E-state index contributed by atoms with van der Waals surface area (Å²) in [7, 11) is 0. The van der Waals surface area contributed by atoms with Crippen molar-refractivity contribution in [2.75, 3.05) is 44.4 Å². The number of ether oxygens (including phenoxy) is 2. The third kappa shape index (κ3) is 4.23. The van der Waals surface area contributed by atoms with E-state index in [4.69, 9.17) is 25.2 Å². The van der Waals surface area contributed by atoms with Crippen molar-refractivity contribution in [2.45, 2.75) is 26.0 Å². The van der Waals surface area contributed by atoms with Gasteiger partial charge in [0.15, 0.2) is 11.5 Å². The monoisotopic (exact) mass is 412 g/mol. The zero-order valence-corrected chi connectivity index (χ0v) is 17.4. The Morgan fingerprint density at radius 3 is 2.77 bits per heavy atom. The van der Waals surface area contributed by atoms with E-state index in [1.165, 1.54) is 0 Å². The van der Waals surface area contributed by atoms with Crippen molar-refractivity contribution in [1.29, 1.82) is 0 Å². The van der Waals surface area contributed by atoms with Crippen LogP contribution in [-0.2, 0) is 4.74 Å². The van der Waals surface area contributed by atoms with Crippen molar-refractivity contribution in [3.05, 3.63) is 30.5 Å². The first kappa shape index (κ1) is 20.5. The predicted molar refractivity (Wildman–Crippen MR) is 115 cm³/mol. The summed E-state index contributed by atoms with van der Waals surface area (Å²) in [6, 6.07) is 7.74. The molecule has 3 N–H and O–H groups in total. The number of benzene rings is 1. The Labute approximate surface area is 175 Å². The molecule has 4 rings (SSSR count). The maximum absolute atomic E-state index is 9.66. The van der Waals surface area contributed by atoms with E-state index in [-0.39, 0.29) is 19.2 Å². The second kappa shape index (κ2) is 8.95. The average molecular weight is 412 g/mol. The summed E-state index contributed by atoms with van der Waals surface area (Å²) in [4.78, 5) is 12.0. The molecule has 1 aliphatic rings. The van der Waals surface area contributed by atoms with Gasteiger partial charge in [0.2, 0.25) is 0 Å². The second-order valence-corrected chi connectivity index (χ2v) is 7.62. The molecular formula is C21H28N6O3. The van der Waals surface area contributed by atoms with E-state index < -0.39 is 6.10 Å². The lowest BCUT2D eigenvalue weighted by molar-refractivity contribution is 0.114. The molecule has 0 saturated carbocycles. The molecule has 1 atom stereocenters. The number of morpholine rings is 1. The molecule has 0 spiro atoms. The zero-order chi connectivity index (χ0) is 21.1. The quantitative estimate of drug-likeness (QED) is 0.602. The van der Waals surface area contributed by atoms with Crippen molar-refractivity contribution in [2.24, 2.45) is 5.73 Å². The minimum atomic E-state index is -0.699. The van der Waals surface area contributed by atoms with Crippen molar-refractivity contribution in [3.8, 4) is 17.1 Å². The standard InChI is InChI=1S/C21H28N6O3/c1-14(2)27-21-18(12-23-27)20(26-6-8-29-9-7-26)24-19(25-21)15-4-3-5-17(10-15)30-13-16(28)11-22/h3-5,10,12,14,16,28H,6-9,11,13,22H2,1-2H3. The lowest BCUT2D eigenvalue weighted by Gasteiger charge is -2.28. The Hall–Kier alpha value is -2.75. The Morgan fingerprint density at radius 1 is 1.23 bits per heavy atom. The minimum absolute atomic E-state index is 0.138. The molecule has 1 aliphatic heterocycles. The molecule has 9 nitrogen and oxygen atoms in total. The van der Waals surface area contributed by atoms with Crippen molar-refractivity contribution < 1.29 is 14.6 Å². The van der Waals surface area contributed by atoms with Gasteiger partial charge in [0.25, 0.3) is 0 Å². The maximum Gasteiger partial charge on any atom is 0.164 e. The fourth-order valence-electron chi connectivity index (χ4n) is 3.42. The van der Waals surface area contributed by atoms with Gasteiger partial charge < -0.3 is 25.2 Å². The molecule has 0 aliphatic carbocycles. The number of aromatic nitrogens is 4. The summed E-state index contributed by atoms with van der Waals surface area (Å²) in [5.41, 5.74) is 7.10. The summed E-state index contributed by atoms with van der Waals surface area (Å²) in [6.07, 6.45) is 1.15. The van der Waals surface area contributed by atoms with Gasteiger partial charge in [-0.2, -0.15) is 5.10 Å². The van der Waals surface area contributed by atoms with Crippen molar-refractivity contribution in [3.63, 3.8) is 0 Å². The smallest absolute Gasteiger partial charge is 0.164 e. The molecular weight excluding hydrogens is 384 g/mol. The summed E-state index contributed by atoms with van der Waals surface area (Å²) in [5, 5.41) is 15.2. The molecule has 1 aromatic carbocycles. The molecule has 0 radical (unpaired) electrons. The zero-order valence-electron chi connectivity index (χ0n) is 17.4. The minimum Gasteiger partial charge on any atom is -0.491 e. The van der Waals surface area contributed by atoms with E-state index in [2.05, 4.69) is 23.8 Å². The molecule has 1 unspecified atom stereocenters. The molecule has 30 heavy (non-hydrogen) atoms. The van der Waals surface area contributed by atoms with E-state index in [1.807, 2.05) is 35.1 Å². The first-order valence-electron chi connectivity index (χ1n) is 10.3. The fourth-order valence-corrected chi connectivity index (χ4v) is 3.42. The number of fused-ring (bicyclic) bond motifs is 1. The molecule has 0 amide bonds. The Balaban J connectivity index is 1.76. The third-order valence-electron chi connectivity index (χ3n) is 5.04. The van der Waals surface area contributed by atoms with Crippen LogP contribution in [0.5, 0.6) is 5.75 Å². The summed E-state index contributed by atoms with van der Waals surface area (Å²) >= 11 is 0. The molecule has 1 fully saturated rings. The first-order chi connectivity index (χ1) is 14.6. The van der Waals surface area contributed by atoms with E-state index in [0.717, 1.165) is 35.5 Å². The van der Waals surface area contributed by atoms with E-state index >= 15 is 0 Å². The van der Waals surface area contributed by atoms with Crippen LogP contribution in [0.3, 0.4) is 0 Å².